The Morgan fingerprint density at radius 3 is 2.53 bits per heavy atom. The zero-order chi connectivity index (χ0) is 12.7. The summed E-state index contributed by atoms with van der Waals surface area (Å²) in [5.41, 5.74) is 2.35. The van der Waals surface area contributed by atoms with Gasteiger partial charge in [0, 0.05) is 12.6 Å². The fourth-order valence-electron chi connectivity index (χ4n) is 1.67. The minimum absolute atomic E-state index is 0.00111. The van der Waals surface area contributed by atoms with E-state index in [-0.39, 0.29) is 19.2 Å². The molecule has 0 saturated heterocycles. The van der Waals surface area contributed by atoms with Gasteiger partial charge in [0.2, 0.25) is 0 Å². The summed E-state index contributed by atoms with van der Waals surface area (Å²) in [7, 11) is 0. The Morgan fingerprint density at radius 1 is 1.35 bits per heavy atom. The van der Waals surface area contributed by atoms with Crippen LogP contribution in [-0.4, -0.2) is 35.4 Å². The van der Waals surface area contributed by atoms with E-state index in [1.54, 1.807) is 0 Å². The van der Waals surface area contributed by atoms with Crippen molar-refractivity contribution in [2.24, 2.45) is 0 Å². The predicted molar refractivity (Wildman–Crippen MR) is 66.0 cm³/mol. The van der Waals surface area contributed by atoms with E-state index in [0.717, 1.165) is 12.0 Å². The average molecular weight is 237 g/mol. The monoisotopic (exact) mass is 237 g/mol. The summed E-state index contributed by atoms with van der Waals surface area (Å²) in [5, 5.41) is 20.5. The number of carboxylic acid groups (broad SMARTS) is 1. The molecule has 3 N–H and O–H groups in total. The topological polar surface area (TPSA) is 69.6 Å². The number of carbonyl (C=O) groups is 1. The van der Waals surface area contributed by atoms with E-state index in [1.165, 1.54) is 5.56 Å². The fraction of sp³-hybridized carbons (Fsp3) is 0.462. The fourth-order valence-corrected chi connectivity index (χ4v) is 1.67. The molecule has 0 aromatic heterocycles. The predicted octanol–water partition coefficient (Wildman–Crippen LogP) is 0.963. The Balaban J connectivity index is 2.53. The number of rotatable bonds is 7. The van der Waals surface area contributed by atoms with Gasteiger partial charge < -0.3 is 15.5 Å². The van der Waals surface area contributed by atoms with Gasteiger partial charge >= 0.3 is 5.97 Å². The first kappa shape index (κ1) is 13.7. The molecule has 4 heteroatoms. The Labute approximate surface area is 101 Å². The van der Waals surface area contributed by atoms with Crippen molar-refractivity contribution in [1.29, 1.82) is 0 Å². The molecule has 1 atom stereocenters. The molecule has 0 radical (unpaired) electrons. The number of carboxylic acids is 1. The van der Waals surface area contributed by atoms with Gasteiger partial charge in [-0.1, -0.05) is 29.8 Å². The molecule has 0 aliphatic rings. The summed E-state index contributed by atoms with van der Waals surface area (Å²) in [6, 6.07) is 8.12. The highest BCUT2D eigenvalue weighted by molar-refractivity contribution is 5.69. The summed E-state index contributed by atoms with van der Waals surface area (Å²) in [5.74, 6) is -0.878. The molecule has 94 valence electrons. The lowest BCUT2D eigenvalue weighted by molar-refractivity contribution is -0.136. The molecule has 0 unspecified atom stereocenters. The summed E-state index contributed by atoms with van der Waals surface area (Å²) in [4.78, 5) is 10.5. The van der Waals surface area contributed by atoms with Gasteiger partial charge in [0.1, 0.15) is 0 Å². The van der Waals surface area contributed by atoms with Gasteiger partial charge in [-0.25, -0.2) is 0 Å². The number of benzene rings is 1. The van der Waals surface area contributed by atoms with Crippen LogP contribution in [0.15, 0.2) is 24.3 Å². The number of hydrogen-bond acceptors (Lipinski definition) is 3. The number of nitrogens with one attached hydrogen (secondary N) is 1. The van der Waals surface area contributed by atoms with Gasteiger partial charge in [0.05, 0.1) is 6.54 Å². The normalized spacial score (nSPS) is 12.4. The van der Waals surface area contributed by atoms with Crippen molar-refractivity contribution in [1.82, 2.24) is 5.32 Å². The Bertz CT molecular complexity index is 348. The molecule has 0 spiro atoms. The average Bonchev–Trinajstić information content (AvgIpc) is 2.29. The van der Waals surface area contributed by atoms with Crippen molar-refractivity contribution in [3.05, 3.63) is 35.4 Å². The SMILES string of the molecule is Cc1ccc(C[C@@H](CCO)NCC(=O)O)cc1. The van der Waals surface area contributed by atoms with Gasteiger partial charge in [0.15, 0.2) is 0 Å². The van der Waals surface area contributed by atoms with Gasteiger partial charge in [-0.3, -0.25) is 4.79 Å². The van der Waals surface area contributed by atoms with E-state index >= 15 is 0 Å². The molecular weight excluding hydrogens is 218 g/mol. The van der Waals surface area contributed by atoms with E-state index in [2.05, 4.69) is 5.32 Å². The van der Waals surface area contributed by atoms with Crippen LogP contribution in [0.3, 0.4) is 0 Å². The number of aliphatic hydroxyl groups is 1. The lowest BCUT2D eigenvalue weighted by Crippen LogP contribution is -2.36. The highest BCUT2D eigenvalue weighted by Gasteiger charge is 2.10. The van der Waals surface area contributed by atoms with Crippen LogP contribution in [0.1, 0.15) is 17.5 Å². The van der Waals surface area contributed by atoms with Crippen LogP contribution < -0.4 is 5.32 Å². The standard InChI is InChI=1S/C13H19NO3/c1-10-2-4-11(5-3-10)8-12(6-7-15)14-9-13(16)17/h2-5,12,14-15H,6-9H2,1H3,(H,16,17)/t12-/m1/s1. The molecule has 0 aliphatic carbocycles. The van der Waals surface area contributed by atoms with E-state index in [0.29, 0.717) is 6.42 Å². The minimum Gasteiger partial charge on any atom is -0.480 e. The molecule has 0 amide bonds. The molecule has 4 nitrogen and oxygen atoms in total. The first-order valence-corrected chi connectivity index (χ1v) is 5.73. The van der Waals surface area contributed by atoms with Crippen molar-refractivity contribution in [2.75, 3.05) is 13.2 Å². The third-order valence-electron chi connectivity index (χ3n) is 2.62. The second kappa shape index (κ2) is 7.04. The molecular formula is C13H19NO3. The van der Waals surface area contributed by atoms with Crippen LogP contribution in [0.4, 0.5) is 0 Å². The van der Waals surface area contributed by atoms with E-state index in [1.807, 2.05) is 31.2 Å². The smallest absolute Gasteiger partial charge is 0.317 e. The molecule has 1 rings (SSSR count). The van der Waals surface area contributed by atoms with Gasteiger partial charge in [-0.15, -0.1) is 0 Å². The Hall–Kier alpha value is -1.39. The lowest BCUT2D eigenvalue weighted by atomic mass is 10.0. The summed E-state index contributed by atoms with van der Waals surface area (Å²) in [6.45, 7) is 2.01. The molecule has 0 bridgehead atoms. The molecule has 0 aliphatic heterocycles. The third kappa shape index (κ3) is 5.47. The summed E-state index contributed by atoms with van der Waals surface area (Å²) >= 11 is 0. The van der Waals surface area contributed by atoms with Crippen molar-refractivity contribution in [3.63, 3.8) is 0 Å². The Morgan fingerprint density at radius 2 is 2.00 bits per heavy atom. The maximum atomic E-state index is 10.5. The van der Waals surface area contributed by atoms with Crippen LogP contribution in [0, 0.1) is 6.92 Å². The zero-order valence-corrected chi connectivity index (χ0v) is 10.0. The van der Waals surface area contributed by atoms with Gasteiger partial charge in [-0.2, -0.15) is 0 Å². The molecule has 1 aromatic carbocycles. The number of aliphatic hydroxyl groups excluding tert-OH is 1. The van der Waals surface area contributed by atoms with Crippen molar-refractivity contribution < 1.29 is 15.0 Å². The van der Waals surface area contributed by atoms with Gasteiger partial charge in [0.25, 0.3) is 0 Å². The number of aliphatic carboxylic acids is 1. The van der Waals surface area contributed by atoms with Crippen LogP contribution >= 0.6 is 0 Å². The maximum Gasteiger partial charge on any atom is 0.317 e. The van der Waals surface area contributed by atoms with Crippen molar-refractivity contribution in [2.45, 2.75) is 25.8 Å². The molecule has 0 heterocycles. The second-order valence-corrected chi connectivity index (χ2v) is 4.17. The van der Waals surface area contributed by atoms with Crippen LogP contribution in [0.2, 0.25) is 0 Å². The molecule has 0 fully saturated rings. The Kier molecular flexibility index (Phi) is 5.66. The molecule has 1 aromatic rings. The second-order valence-electron chi connectivity index (χ2n) is 4.17. The quantitative estimate of drug-likeness (QED) is 0.660. The van der Waals surface area contributed by atoms with Crippen molar-refractivity contribution >= 4 is 5.97 Å². The van der Waals surface area contributed by atoms with Gasteiger partial charge in [-0.05, 0) is 25.3 Å². The largest absolute Gasteiger partial charge is 0.480 e. The highest BCUT2D eigenvalue weighted by atomic mass is 16.4. The van der Waals surface area contributed by atoms with Crippen LogP contribution in [0.25, 0.3) is 0 Å². The maximum absolute atomic E-state index is 10.5. The molecule has 0 saturated carbocycles. The highest BCUT2D eigenvalue weighted by Crippen LogP contribution is 2.07. The third-order valence-corrected chi connectivity index (χ3v) is 2.62. The lowest BCUT2D eigenvalue weighted by Gasteiger charge is -2.16. The van der Waals surface area contributed by atoms with E-state index in [9.17, 15) is 4.79 Å². The van der Waals surface area contributed by atoms with E-state index in [4.69, 9.17) is 10.2 Å². The van der Waals surface area contributed by atoms with E-state index < -0.39 is 5.97 Å². The molecule has 17 heavy (non-hydrogen) atoms. The van der Waals surface area contributed by atoms with Crippen LogP contribution in [-0.2, 0) is 11.2 Å². The number of hydrogen-bond donors (Lipinski definition) is 3. The minimum atomic E-state index is -0.878. The first-order valence-electron chi connectivity index (χ1n) is 5.73. The van der Waals surface area contributed by atoms with Crippen LogP contribution in [0.5, 0.6) is 0 Å². The number of aryl methyl sites for hydroxylation is 1. The first-order chi connectivity index (χ1) is 8.11. The summed E-state index contributed by atoms with van der Waals surface area (Å²) < 4.78 is 0. The summed E-state index contributed by atoms with van der Waals surface area (Å²) in [6.07, 6.45) is 1.29. The zero-order valence-electron chi connectivity index (χ0n) is 10.0. The van der Waals surface area contributed by atoms with Crippen molar-refractivity contribution in [3.8, 4) is 0 Å².